The average molecular weight is 616 g/mol. The molecule has 0 atom stereocenters. The van der Waals surface area contributed by atoms with Crippen molar-refractivity contribution in [2.75, 3.05) is 4.90 Å². The molecule has 0 aliphatic heterocycles. The summed E-state index contributed by atoms with van der Waals surface area (Å²) in [5.41, 5.74) is 14.9. The monoisotopic (exact) mass is 615 g/mol. The average Bonchev–Trinajstić information content (AvgIpc) is 3.77. The fourth-order valence-electron chi connectivity index (χ4n) is 8.21. The van der Waals surface area contributed by atoms with Gasteiger partial charge in [-0.05, 0) is 75.3 Å². The van der Waals surface area contributed by atoms with Crippen molar-refractivity contribution in [3.05, 3.63) is 197 Å². The summed E-state index contributed by atoms with van der Waals surface area (Å²) in [5, 5.41) is 1.34. The van der Waals surface area contributed by atoms with E-state index in [1.54, 1.807) is 0 Å². The summed E-state index contributed by atoms with van der Waals surface area (Å²) in [6, 6.07) is 64.6. The van der Waals surface area contributed by atoms with Gasteiger partial charge >= 0.3 is 0 Å². The molecule has 0 radical (unpaired) electrons. The molecule has 10 rings (SSSR count). The Morgan fingerprint density at radius 1 is 0.426 bits per heavy atom. The number of hydrogen-bond donors (Lipinski definition) is 0. The molecular formula is C45H29NS. The Balaban J connectivity index is 1.31. The van der Waals surface area contributed by atoms with Crippen molar-refractivity contribution < 1.29 is 0 Å². The molecule has 2 aliphatic rings. The SMILES string of the molecule is c1ccc(-c2ccc(N(c3ccccc3)c3cccc4c3C3(c5ccccc5-c5ccccc53)c3sc5ccccc5c3-4)cc2)cc1. The Kier molecular flexibility index (Phi) is 5.73. The van der Waals surface area contributed by atoms with Crippen LogP contribution in [0.15, 0.2) is 176 Å². The van der Waals surface area contributed by atoms with E-state index in [0.717, 1.165) is 11.4 Å². The zero-order valence-corrected chi connectivity index (χ0v) is 26.4. The van der Waals surface area contributed by atoms with Crippen molar-refractivity contribution in [1.29, 1.82) is 0 Å². The van der Waals surface area contributed by atoms with Crippen LogP contribution in [0, 0.1) is 0 Å². The molecule has 0 N–H and O–H groups in total. The van der Waals surface area contributed by atoms with E-state index in [2.05, 4.69) is 181 Å². The van der Waals surface area contributed by atoms with Gasteiger partial charge in [-0.1, -0.05) is 140 Å². The smallest absolute Gasteiger partial charge is 0.0839 e. The van der Waals surface area contributed by atoms with Crippen LogP contribution in [0.3, 0.4) is 0 Å². The second-order valence-corrected chi connectivity index (χ2v) is 13.5. The van der Waals surface area contributed by atoms with Crippen molar-refractivity contribution in [2.45, 2.75) is 5.41 Å². The third-order valence-electron chi connectivity index (χ3n) is 10.1. The predicted molar refractivity (Wildman–Crippen MR) is 198 cm³/mol. The van der Waals surface area contributed by atoms with E-state index in [1.165, 1.54) is 70.7 Å². The number of thiophene rings is 1. The molecule has 0 unspecified atom stereocenters. The van der Waals surface area contributed by atoms with E-state index in [9.17, 15) is 0 Å². The highest BCUT2D eigenvalue weighted by atomic mass is 32.1. The molecular weight excluding hydrogens is 587 g/mol. The highest BCUT2D eigenvalue weighted by molar-refractivity contribution is 7.20. The van der Waals surface area contributed by atoms with Gasteiger partial charge in [0.2, 0.25) is 0 Å². The lowest BCUT2D eigenvalue weighted by molar-refractivity contribution is 0.810. The van der Waals surface area contributed by atoms with E-state index < -0.39 is 5.41 Å². The van der Waals surface area contributed by atoms with Crippen LogP contribution < -0.4 is 4.90 Å². The Morgan fingerprint density at radius 3 is 1.70 bits per heavy atom. The number of anilines is 3. The summed E-state index contributed by atoms with van der Waals surface area (Å²) in [6.45, 7) is 0. The molecule has 1 heterocycles. The maximum atomic E-state index is 2.47. The molecule has 0 amide bonds. The minimum atomic E-state index is -0.435. The Labute approximate surface area is 278 Å². The molecule has 1 aromatic heterocycles. The molecule has 8 aromatic rings. The summed E-state index contributed by atoms with van der Waals surface area (Å²) in [6.07, 6.45) is 0. The molecule has 0 bridgehead atoms. The van der Waals surface area contributed by atoms with Crippen molar-refractivity contribution in [2.24, 2.45) is 0 Å². The normalized spacial score (nSPS) is 13.3. The van der Waals surface area contributed by atoms with Crippen molar-refractivity contribution >= 4 is 38.5 Å². The molecule has 47 heavy (non-hydrogen) atoms. The first kappa shape index (κ1) is 26.5. The van der Waals surface area contributed by atoms with Crippen LogP contribution in [0.25, 0.3) is 43.5 Å². The van der Waals surface area contributed by atoms with Crippen molar-refractivity contribution in [3.8, 4) is 33.4 Å². The van der Waals surface area contributed by atoms with Crippen LogP contribution in [-0.2, 0) is 5.41 Å². The van der Waals surface area contributed by atoms with Crippen LogP contribution >= 0.6 is 11.3 Å². The van der Waals surface area contributed by atoms with Gasteiger partial charge in [0.1, 0.15) is 0 Å². The maximum absolute atomic E-state index is 2.47. The highest BCUT2D eigenvalue weighted by Gasteiger charge is 2.55. The number of hydrogen-bond acceptors (Lipinski definition) is 2. The summed E-state index contributed by atoms with van der Waals surface area (Å²) in [7, 11) is 0. The number of para-hydroxylation sites is 1. The summed E-state index contributed by atoms with van der Waals surface area (Å²) in [5.74, 6) is 0. The van der Waals surface area contributed by atoms with Gasteiger partial charge in [0.05, 0.1) is 11.1 Å². The summed E-state index contributed by atoms with van der Waals surface area (Å²) < 4.78 is 1.34. The van der Waals surface area contributed by atoms with E-state index in [0.29, 0.717) is 0 Å². The van der Waals surface area contributed by atoms with Gasteiger partial charge in [-0.2, -0.15) is 0 Å². The molecule has 1 nitrogen and oxygen atoms in total. The first-order valence-corrected chi connectivity index (χ1v) is 17.0. The van der Waals surface area contributed by atoms with Crippen LogP contribution in [0.5, 0.6) is 0 Å². The Bertz CT molecular complexity index is 2410. The van der Waals surface area contributed by atoms with Crippen LogP contribution in [0.2, 0.25) is 0 Å². The summed E-state index contributed by atoms with van der Waals surface area (Å²) >= 11 is 1.96. The second-order valence-electron chi connectivity index (χ2n) is 12.4. The lowest BCUT2D eigenvalue weighted by Crippen LogP contribution is -2.27. The highest BCUT2D eigenvalue weighted by Crippen LogP contribution is 2.68. The number of fused-ring (bicyclic) bond motifs is 12. The predicted octanol–water partition coefficient (Wildman–Crippen LogP) is 12.4. The van der Waals surface area contributed by atoms with Gasteiger partial charge in [0, 0.05) is 37.5 Å². The fourth-order valence-corrected chi connectivity index (χ4v) is 9.65. The molecule has 0 fully saturated rings. The molecule has 0 saturated carbocycles. The van der Waals surface area contributed by atoms with Gasteiger partial charge in [-0.3, -0.25) is 0 Å². The third-order valence-corrected chi connectivity index (χ3v) is 11.4. The topological polar surface area (TPSA) is 3.24 Å². The first-order valence-electron chi connectivity index (χ1n) is 16.2. The largest absolute Gasteiger partial charge is 0.310 e. The third kappa shape index (κ3) is 3.65. The van der Waals surface area contributed by atoms with Gasteiger partial charge in [0.25, 0.3) is 0 Å². The standard InChI is InChI=1S/C45H29NS/c1-3-14-30(15-4-1)31-26-28-33(29-27-31)46(32-16-5-2-6-17-32)40-24-13-21-37-42-36-20-9-12-25-41(36)47-44(42)45(43(37)40)38-22-10-7-18-34(38)35-19-8-11-23-39(35)45/h1-29H. The molecule has 7 aromatic carbocycles. The van der Waals surface area contributed by atoms with Gasteiger partial charge < -0.3 is 4.90 Å². The Hall–Kier alpha value is -5.70. The van der Waals surface area contributed by atoms with Gasteiger partial charge in [-0.25, -0.2) is 0 Å². The zero-order chi connectivity index (χ0) is 31.0. The summed E-state index contributed by atoms with van der Waals surface area (Å²) in [4.78, 5) is 3.89. The molecule has 220 valence electrons. The lowest BCUT2D eigenvalue weighted by Gasteiger charge is -2.35. The van der Waals surface area contributed by atoms with Gasteiger partial charge in [-0.15, -0.1) is 11.3 Å². The number of rotatable bonds is 4. The first-order chi connectivity index (χ1) is 23.3. The Morgan fingerprint density at radius 2 is 0.979 bits per heavy atom. The lowest BCUT2D eigenvalue weighted by atomic mass is 9.73. The van der Waals surface area contributed by atoms with E-state index in [-0.39, 0.29) is 0 Å². The maximum Gasteiger partial charge on any atom is 0.0839 e. The van der Waals surface area contributed by atoms with Gasteiger partial charge in [0.15, 0.2) is 0 Å². The fraction of sp³-hybridized carbons (Fsp3) is 0.0222. The second kappa shape index (κ2) is 10.2. The van der Waals surface area contributed by atoms with E-state index in [1.807, 2.05) is 11.3 Å². The van der Waals surface area contributed by atoms with Crippen molar-refractivity contribution in [1.82, 2.24) is 0 Å². The molecule has 0 saturated heterocycles. The number of nitrogens with zero attached hydrogens (tertiary/aromatic N) is 1. The zero-order valence-electron chi connectivity index (χ0n) is 25.6. The van der Waals surface area contributed by atoms with Crippen LogP contribution in [-0.4, -0.2) is 0 Å². The van der Waals surface area contributed by atoms with E-state index >= 15 is 0 Å². The number of benzene rings is 7. The van der Waals surface area contributed by atoms with Crippen LogP contribution in [0.1, 0.15) is 21.6 Å². The molecule has 1 spiro atoms. The molecule has 2 aliphatic carbocycles. The van der Waals surface area contributed by atoms with Crippen molar-refractivity contribution in [3.63, 3.8) is 0 Å². The quantitative estimate of drug-likeness (QED) is 0.190. The molecule has 2 heteroatoms. The van der Waals surface area contributed by atoms with Crippen LogP contribution in [0.4, 0.5) is 17.1 Å². The van der Waals surface area contributed by atoms with E-state index in [4.69, 9.17) is 0 Å². The minimum absolute atomic E-state index is 0.435. The minimum Gasteiger partial charge on any atom is -0.310 e.